The van der Waals surface area contributed by atoms with Crippen molar-refractivity contribution in [2.75, 3.05) is 7.11 Å². The lowest BCUT2D eigenvalue weighted by molar-refractivity contribution is 0.0577. The van der Waals surface area contributed by atoms with E-state index in [1.54, 1.807) is 7.11 Å². The maximum atomic E-state index is 11.3. The number of rotatable bonds is 2. The monoisotopic (exact) mass is 268 g/mol. The summed E-state index contributed by atoms with van der Waals surface area (Å²) in [6.45, 7) is 2.23. The Balaban J connectivity index is 2.14. The third kappa shape index (κ3) is 2.01. The van der Waals surface area contributed by atoms with E-state index in [4.69, 9.17) is 4.74 Å². The third-order valence-corrected chi connectivity index (χ3v) is 4.42. The minimum absolute atomic E-state index is 0.497. The lowest BCUT2D eigenvalue weighted by Gasteiger charge is -2.37. The van der Waals surface area contributed by atoms with E-state index in [0.29, 0.717) is 5.92 Å². The highest BCUT2D eigenvalue weighted by atomic mass is 16.5. The molecule has 0 radical (unpaired) electrons. The molecule has 0 bridgehead atoms. The summed E-state index contributed by atoms with van der Waals surface area (Å²) in [5.74, 6) is 1.28. The van der Waals surface area contributed by atoms with Crippen LogP contribution in [0, 0.1) is 0 Å². The van der Waals surface area contributed by atoms with E-state index in [1.165, 1.54) is 5.56 Å². The number of ether oxygens (including phenoxy) is 1. The molecule has 0 amide bonds. The summed E-state index contributed by atoms with van der Waals surface area (Å²) in [7, 11) is 1.65. The fourth-order valence-corrected chi connectivity index (χ4v) is 3.20. The van der Waals surface area contributed by atoms with Crippen LogP contribution in [0.3, 0.4) is 0 Å². The molecule has 1 N–H and O–H groups in total. The minimum Gasteiger partial charge on any atom is -0.497 e. The Hall–Kier alpha value is -1.80. The second kappa shape index (κ2) is 4.95. The van der Waals surface area contributed by atoms with E-state index in [2.05, 4.69) is 13.0 Å². The molecule has 20 heavy (non-hydrogen) atoms. The van der Waals surface area contributed by atoms with Crippen LogP contribution in [0.4, 0.5) is 0 Å². The number of methoxy groups -OCH3 is 1. The van der Waals surface area contributed by atoms with Crippen LogP contribution in [0.2, 0.25) is 0 Å². The summed E-state index contributed by atoms with van der Waals surface area (Å²) < 4.78 is 5.29. The number of aliphatic hydroxyl groups is 1. The largest absolute Gasteiger partial charge is 0.497 e. The second-order valence-electron chi connectivity index (χ2n) is 5.62. The standard InChI is InChI=1S/C18H20O2/c1-13-10-11-18(19,17-9-4-3-8-16(13)17)14-6-5-7-15(12-14)20-2/h3-9,12-13,19H,10-11H2,1-2H3. The van der Waals surface area contributed by atoms with Crippen LogP contribution in [-0.2, 0) is 5.60 Å². The van der Waals surface area contributed by atoms with Crippen molar-refractivity contribution in [3.05, 3.63) is 65.2 Å². The van der Waals surface area contributed by atoms with Gasteiger partial charge in [0, 0.05) is 0 Å². The topological polar surface area (TPSA) is 29.5 Å². The van der Waals surface area contributed by atoms with Gasteiger partial charge in [-0.05, 0) is 47.6 Å². The summed E-state index contributed by atoms with van der Waals surface area (Å²) in [5, 5.41) is 11.3. The van der Waals surface area contributed by atoms with Crippen molar-refractivity contribution in [2.45, 2.75) is 31.3 Å². The highest BCUT2D eigenvalue weighted by Crippen LogP contribution is 2.45. The molecular formula is C18H20O2. The molecule has 1 aliphatic rings. The number of hydrogen-bond donors (Lipinski definition) is 1. The van der Waals surface area contributed by atoms with Crippen LogP contribution < -0.4 is 4.74 Å². The lowest BCUT2D eigenvalue weighted by Crippen LogP contribution is -2.32. The summed E-state index contributed by atoms with van der Waals surface area (Å²) in [5.41, 5.74) is 2.30. The SMILES string of the molecule is COc1cccc(C2(O)CCC(C)c3ccccc32)c1. The summed E-state index contributed by atoms with van der Waals surface area (Å²) in [4.78, 5) is 0. The van der Waals surface area contributed by atoms with Crippen molar-refractivity contribution in [3.8, 4) is 5.75 Å². The Morgan fingerprint density at radius 1 is 1.15 bits per heavy atom. The van der Waals surface area contributed by atoms with Crippen LogP contribution in [-0.4, -0.2) is 12.2 Å². The van der Waals surface area contributed by atoms with Gasteiger partial charge in [0.2, 0.25) is 0 Å². The first kappa shape index (κ1) is 13.2. The average Bonchev–Trinajstić information content (AvgIpc) is 2.51. The quantitative estimate of drug-likeness (QED) is 0.897. The Bertz CT molecular complexity index is 620. The molecule has 2 heteroatoms. The van der Waals surface area contributed by atoms with Crippen LogP contribution >= 0.6 is 0 Å². The Kier molecular flexibility index (Phi) is 3.27. The maximum absolute atomic E-state index is 11.3. The van der Waals surface area contributed by atoms with Gasteiger partial charge < -0.3 is 9.84 Å². The van der Waals surface area contributed by atoms with Crippen molar-refractivity contribution in [3.63, 3.8) is 0 Å². The molecule has 2 atom stereocenters. The average molecular weight is 268 g/mol. The Morgan fingerprint density at radius 3 is 2.75 bits per heavy atom. The number of fused-ring (bicyclic) bond motifs is 1. The van der Waals surface area contributed by atoms with E-state index in [-0.39, 0.29) is 0 Å². The molecule has 0 aliphatic heterocycles. The van der Waals surface area contributed by atoms with Gasteiger partial charge >= 0.3 is 0 Å². The fraction of sp³-hybridized carbons (Fsp3) is 0.333. The van der Waals surface area contributed by atoms with E-state index < -0.39 is 5.60 Å². The van der Waals surface area contributed by atoms with Crippen molar-refractivity contribution >= 4 is 0 Å². The molecule has 0 heterocycles. The number of hydrogen-bond acceptors (Lipinski definition) is 2. The van der Waals surface area contributed by atoms with Gasteiger partial charge in [0.25, 0.3) is 0 Å². The summed E-state index contributed by atoms with van der Waals surface area (Å²) in [6, 6.07) is 16.0. The highest BCUT2D eigenvalue weighted by Gasteiger charge is 2.38. The fourth-order valence-electron chi connectivity index (χ4n) is 3.20. The first-order valence-electron chi connectivity index (χ1n) is 7.11. The van der Waals surface area contributed by atoms with Crippen molar-refractivity contribution in [1.29, 1.82) is 0 Å². The number of benzene rings is 2. The molecule has 0 aromatic heterocycles. The Morgan fingerprint density at radius 2 is 1.95 bits per heavy atom. The van der Waals surface area contributed by atoms with Crippen molar-refractivity contribution < 1.29 is 9.84 Å². The van der Waals surface area contributed by atoms with Gasteiger partial charge in [0.05, 0.1) is 7.11 Å². The van der Waals surface area contributed by atoms with Gasteiger partial charge in [0.1, 0.15) is 11.4 Å². The van der Waals surface area contributed by atoms with E-state index in [9.17, 15) is 5.11 Å². The van der Waals surface area contributed by atoms with Crippen LogP contribution in [0.25, 0.3) is 0 Å². The Labute approximate surface area is 120 Å². The third-order valence-electron chi connectivity index (χ3n) is 4.42. The highest BCUT2D eigenvalue weighted by molar-refractivity contribution is 5.46. The lowest BCUT2D eigenvalue weighted by atomic mass is 9.71. The molecule has 2 aromatic carbocycles. The molecule has 0 fully saturated rings. The molecular weight excluding hydrogens is 248 g/mol. The first-order valence-corrected chi connectivity index (χ1v) is 7.11. The van der Waals surface area contributed by atoms with Crippen LogP contribution in [0.1, 0.15) is 42.4 Å². The molecule has 104 valence electrons. The van der Waals surface area contributed by atoms with Gasteiger partial charge in [-0.1, -0.05) is 43.3 Å². The normalized spacial score (nSPS) is 25.1. The predicted molar refractivity (Wildman–Crippen MR) is 80.1 cm³/mol. The van der Waals surface area contributed by atoms with Gasteiger partial charge in [-0.3, -0.25) is 0 Å². The van der Waals surface area contributed by atoms with Gasteiger partial charge in [-0.2, -0.15) is 0 Å². The molecule has 2 nitrogen and oxygen atoms in total. The molecule has 2 aromatic rings. The maximum Gasteiger partial charge on any atom is 0.119 e. The predicted octanol–water partition coefficient (Wildman–Crippen LogP) is 3.83. The smallest absolute Gasteiger partial charge is 0.119 e. The van der Waals surface area contributed by atoms with Crippen LogP contribution in [0.15, 0.2) is 48.5 Å². The van der Waals surface area contributed by atoms with Crippen molar-refractivity contribution in [1.82, 2.24) is 0 Å². The van der Waals surface area contributed by atoms with E-state index in [1.807, 2.05) is 42.5 Å². The van der Waals surface area contributed by atoms with Crippen LogP contribution in [0.5, 0.6) is 5.75 Å². The molecule has 0 saturated carbocycles. The van der Waals surface area contributed by atoms with E-state index >= 15 is 0 Å². The van der Waals surface area contributed by atoms with Crippen molar-refractivity contribution in [2.24, 2.45) is 0 Å². The van der Waals surface area contributed by atoms with Gasteiger partial charge in [-0.25, -0.2) is 0 Å². The summed E-state index contributed by atoms with van der Waals surface area (Å²) in [6.07, 6.45) is 1.74. The molecule has 2 unspecified atom stereocenters. The van der Waals surface area contributed by atoms with Gasteiger partial charge in [0.15, 0.2) is 0 Å². The van der Waals surface area contributed by atoms with Gasteiger partial charge in [-0.15, -0.1) is 0 Å². The summed E-state index contributed by atoms with van der Waals surface area (Å²) >= 11 is 0. The molecule has 3 rings (SSSR count). The molecule has 0 spiro atoms. The zero-order valence-corrected chi connectivity index (χ0v) is 12.0. The zero-order chi connectivity index (χ0) is 14.2. The van der Waals surface area contributed by atoms with E-state index in [0.717, 1.165) is 29.7 Å². The second-order valence-corrected chi connectivity index (χ2v) is 5.62. The first-order chi connectivity index (χ1) is 9.65. The minimum atomic E-state index is -0.905. The zero-order valence-electron chi connectivity index (χ0n) is 12.0. The molecule has 1 aliphatic carbocycles. The molecule has 0 saturated heterocycles.